The number of aryl methyl sites for hydroxylation is 3. The molecule has 0 spiro atoms. The molecular formula is C28H31ClN6O4. The van der Waals surface area contributed by atoms with Crippen LogP contribution in [-0.2, 0) is 22.4 Å². The van der Waals surface area contributed by atoms with Gasteiger partial charge in [0.25, 0.3) is 0 Å². The van der Waals surface area contributed by atoms with Crippen LogP contribution in [-0.4, -0.2) is 46.0 Å². The summed E-state index contributed by atoms with van der Waals surface area (Å²) in [5, 5.41) is 7.51. The lowest BCUT2D eigenvalue weighted by Crippen LogP contribution is -2.36. The van der Waals surface area contributed by atoms with Crippen molar-refractivity contribution in [2.75, 3.05) is 18.1 Å². The van der Waals surface area contributed by atoms with Gasteiger partial charge in [0, 0.05) is 30.3 Å². The Bertz CT molecular complexity index is 1440. The first-order chi connectivity index (χ1) is 18.4. The Kier molecular flexibility index (Phi) is 9.99. The van der Waals surface area contributed by atoms with Crippen LogP contribution in [0.1, 0.15) is 35.9 Å². The molecule has 0 unspecified atom stereocenters. The van der Waals surface area contributed by atoms with E-state index in [2.05, 4.69) is 9.97 Å². The molecule has 2 aromatic heterocycles. The Labute approximate surface area is 232 Å². The van der Waals surface area contributed by atoms with Crippen molar-refractivity contribution in [1.82, 2.24) is 15.0 Å². The predicted octanol–water partition coefficient (Wildman–Crippen LogP) is 4.72. The van der Waals surface area contributed by atoms with E-state index in [4.69, 9.17) is 25.6 Å². The predicted molar refractivity (Wildman–Crippen MR) is 152 cm³/mol. The summed E-state index contributed by atoms with van der Waals surface area (Å²) in [5.41, 5.74) is 9.60. The number of esters is 1. The largest absolute Gasteiger partial charge is 0.466 e. The fourth-order valence-electron chi connectivity index (χ4n) is 3.99. The first kappa shape index (κ1) is 29.1. The summed E-state index contributed by atoms with van der Waals surface area (Å²) < 4.78 is 10.7. The topological polar surface area (TPSA) is 147 Å². The molecule has 204 valence electrons. The van der Waals surface area contributed by atoms with Crippen molar-refractivity contribution in [3.63, 3.8) is 0 Å². The molecule has 2 heterocycles. The van der Waals surface area contributed by atoms with Gasteiger partial charge < -0.3 is 20.2 Å². The van der Waals surface area contributed by atoms with E-state index in [1.807, 2.05) is 37.3 Å². The lowest BCUT2D eigenvalue weighted by atomic mass is 10.1. The van der Waals surface area contributed by atoms with Gasteiger partial charge in [0.05, 0.1) is 24.1 Å². The van der Waals surface area contributed by atoms with Crippen LogP contribution < -0.4 is 15.4 Å². The zero-order chi connectivity index (χ0) is 27.1. The summed E-state index contributed by atoms with van der Waals surface area (Å²) in [6.07, 6.45) is 2.38. The Hall–Kier alpha value is -4.44. The number of aromatic amines is 1. The van der Waals surface area contributed by atoms with Crippen LogP contribution in [0.5, 0.6) is 5.75 Å². The molecule has 10 nitrogen and oxygen atoms in total. The molecule has 2 aromatic carbocycles. The third kappa shape index (κ3) is 7.32. The summed E-state index contributed by atoms with van der Waals surface area (Å²) >= 11 is 0. The molecule has 4 rings (SSSR count). The second-order valence-corrected chi connectivity index (χ2v) is 8.64. The minimum atomic E-state index is -0.653. The van der Waals surface area contributed by atoms with E-state index in [0.29, 0.717) is 29.1 Å². The highest BCUT2D eigenvalue weighted by Crippen LogP contribution is 2.27. The van der Waals surface area contributed by atoms with Crippen molar-refractivity contribution in [2.24, 2.45) is 5.73 Å². The standard InChI is InChI=1S/C28H30N6O4.ClH/c1-3-37-25(35)15-17-34(24-6-4-5-16-31-24)28(36)38-22-13-12-21-26(18(22)2)33-23(32-21)14-9-19-7-10-20(11-8-19)27(29)30;/h4-8,10-13,16H,3,9,14-15,17H2,1-2H3,(H3,29,30)(H,32,33);1H. The molecular weight excluding hydrogens is 520 g/mol. The second-order valence-electron chi connectivity index (χ2n) is 8.64. The fraction of sp³-hybridized carbons (Fsp3) is 0.250. The number of imidazole rings is 1. The maximum absolute atomic E-state index is 13.2. The lowest BCUT2D eigenvalue weighted by Gasteiger charge is -2.21. The molecule has 0 fully saturated rings. The van der Waals surface area contributed by atoms with Gasteiger partial charge in [-0.05, 0) is 50.1 Å². The Morgan fingerprint density at radius 3 is 2.51 bits per heavy atom. The van der Waals surface area contributed by atoms with Gasteiger partial charge in [-0.1, -0.05) is 30.3 Å². The number of halogens is 1. The molecule has 0 aliphatic heterocycles. The van der Waals surface area contributed by atoms with E-state index in [1.165, 1.54) is 4.90 Å². The highest BCUT2D eigenvalue weighted by molar-refractivity contribution is 5.95. The van der Waals surface area contributed by atoms with Crippen molar-refractivity contribution in [1.29, 1.82) is 5.41 Å². The minimum absolute atomic E-state index is 0. The van der Waals surface area contributed by atoms with Gasteiger partial charge in [0.2, 0.25) is 0 Å². The quantitative estimate of drug-likeness (QED) is 0.147. The van der Waals surface area contributed by atoms with Gasteiger partial charge in [-0.15, -0.1) is 12.4 Å². The zero-order valence-corrected chi connectivity index (χ0v) is 22.6. The number of benzene rings is 2. The summed E-state index contributed by atoms with van der Waals surface area (Å²) in [6.45, 7) is 3.91. The summed E-state index contributed by atoms with van der Waals surface area (Å²) in [5.74, 6) is 1.20. The average molecular weight is 551 g/mol. The first-order valence-electron chi connectivity index (χ1n) is 12.3. The number of aromatic nitrogens is 3. The number of nitrogens with one attached hydrogen (secondary N) is 2. The Morgan fingerprint density at radius 2 is 1.85 bits per heavy atom. The smallest absolute Gasteiger partial charge is 0.420 e. The van der Waals surface area contributed by atoms with Crippen LogP contribution in [0.2, 0.25) is 0 Å². The van der Waals surface area contributed by atoms with E-state index in [-0.39, 0.29) is 37.8 Å². The summed E-state index contributed by atoms with van der Waals surface area (Å²) in [4.78, 5) is 38.7. The van der Waals surface area contributed by atoms with Crippen molar-refractivity contribution in [3.05, 3.63) is 83.3 Å². The highest BCUT2D eigenvalue weighted by atomic mass is 35.5. The number of hydrogen-bond acceptors (Lipinski definition) is 7. The number of H-pyrrole nitrogens is 1. The van der Waals surface area contributed by atoms with Gasteiger partial charge in [0.1, 0.15) is 23.2 Å². The number of nitrogens with zero attached hydrogens (tertiary/aromatic N) is 3. The number of amidine groups is 1. The minimum Gasteiger partial charge on any atom is -0.466 e. The van der Waals surface area contributed by atoms with Crippen LogP contribution in [0.25, 0.3) is 11.0 Å². The normalized spacial score (nSPS) is 10.5. The highest BCUT2D eigenvalue weighted by Gasteiger charge is 2.22. The molecule has 0 saturated carbocycles. The van der Waals surface area contributed by atoms with Crippen molar-refractivity contribution >= 4 is 47.2 Å². The van der Waals surface area contributed by atoms with Gasteiger partial charge in [0.15, 0.2) is 0 Å². The number of amides is 1. The average Bonchev–Trinajstić information content (AvgIpc) is 3.34. The fourth-order valence-corrected chi connectivity index (χ4v) is 3.99. The van der Waals surface area contributed by atoms with E-state index >= 15 is 0 Å². The third-order valence-electron chi connectivity index (χ3n) is 6.01. The molecule has 11 heteroatoms. The number of nitrogen functional groups attached to an aromatic ring is 1. The van der Waals surface area contributed by atoms with Crippen LogP contribution in [0.4, 0.5) is 10.6 Å². The Morgan fingerprint density at radius 1 is 1.08 bits per heavy atom. The monoisotopic (exact) mass is 550 g/mol. The molecule has 39 heavy (non-hydrogen) atoms. The first-order valence-corrected chi connectivity index (χ1v) is 12.3. The van der Waals surface area contributed by atoms with Crippen LogP contribution in [0.3, 0.4) is 0 Å². The van der Waals surface area contributed by atoms with Gasteiger partial charge in [-0.3, -0.25) is 15.1 Å². The molecule has 4 N–H and O–H groups in total. The van der Waals surface area contributed by atoms with E-state index in [9.17, 15) is 9.59 Å². The van der Waals surface area contributed by atoms with Crippen LogP contribution >= 0.6 is 12.4 Å². The molecule has 0 aliphatic rings. The maximum atomic E-state index is 13.2. The van der Waals surface area contributed by atoms with Crippen molar-refractivity contribution < 1.29 is 19.1 Å². The number of hydrogen-bond donors (Lipinski definition) is 3. The molecule has 0 atom stereocenters. The van der Waals surface area contributed by atoms with E-state index in [1.54, 1.807) is 37.4 Å². The van der Waals surface area contributed by atoms with Gasteiger partial charge in [-0.2, -0.15) is 0 Å². The third-order valence-corrected chi connectivity index (χ3v) is 6.01. The zero-order valence-electron chi connectivity index (χ0n) is 21.8. The van der Waals surface area contributed by atoms with Crippen molar-refractivity contribution in [2.45, 2.75) is 33.1 Å². The van der Waals surface area contributed by atoms with E-state index < -0.39 is 12.1 Å². The summed E-state index contributed by atoms with van der Waals surface area (Å²) in [7, 11) is 0. The summed E-state index contributed by atoms with van der Waals surface area (Å²) in [6, 6.07) is 16.3. The van der Waals surface area contributed by atoms with Crippen LogP contribution in [0, 0.1) is 12.3 Å². The number of pyridine rings is 1. The van der Waals surface area contributed by atoms with Gasteiger partial charge >= 0.3 is 12.1 Å². The second kappa shape index (κ2) is 13.4. The van der Waals surface area contributed by atoms with Crippen LogP contribution in [0.15, 0.2) is 60.8 Å². The maximum Gasteiger partial charge on any atom is 0.420 e. The molecule has 0 aliphatic carbocycles. The SMILES string of the molecule is CCOC(=O)CCN(C(=O)Oc1ccc2[nH]c(CCc3ccc(C(=N)N)cc3)nc2c1C)c1ccccn1.Cl. The number of carbonyl (C=O) groups is 2. The molecule has 4 aromatic rings. The Balaban J connectivity index is 0.00000420. The number of rotatable bonds is 10. The van der Waals surface area contributed by atoms with Gasteiger partial charge in [-0.25, -0.2) is 14.8 Å². The number of fused-ring (bicyclic) bond motifs is 1. The number of carbonyl (C=O) groups excluding carboxylic acids is 2. The molecule has 0 bridgehead atoms. The van der Waals surface area contributed by atoms with Crippen molar-refractivity contribution in [3.8, 4) is 5.75 Å². The molecule has 0 saturated heterocycles. The molecule has 0 radical (unpaired) electrons. The number of ether oxygens (including phenoxy) is 2. The lowest BCUT2D eigenvalue weighted by molar-refractivity contribution is -0.142. The molecule has 1 amide bonds. The number of anilines is 1. The van der Waals surface area contributed by atoms with E-state index in [0.717, 1.165) is 28.9 Å². The number of nitrogens with two attached hydrogens (primary N) is 1.